The van der Waals surface area contributed by atoms with E-state index in [9.17, 15) is 10.3 Å². The SMILES string of the molecule is CC.[CH2-]CN(O)CC1(O)CCCN(c2ccc(N)nc2)C1.[U]. The van der Waals surface area contributed by atoms with Crippen LogP contribution in [-0.2, 0) is 0 Å². The summed E-state index contributed by atoms with van der Waals surface area (Å²) < 4.78 is 0. The Morgan fingerprint density at radius 2 is 2.14 bits per heavy atom. The smallest absolute Gasteiger partial charge is 0.123 e. The first-order valence-electron chi connectivity index (χ1n) is 7.44. The average molecular weight is 533 g/mol. The maximum Gasteiger partial charge on any atom is 0.123 e. The number of piperidine rings is 1. The van der Waals surface area contributed by atoms with E-state index in [1.165, 1.54) is 0 Å². The number of pyridine rings is 1. The number of hydroxylamine groups is 2. The molecule has 1 unspecified atom stereocenters. The van der Waals surface area contributed by atoms with Gasteiger partial charge in [-0.25, -0.2) is 10.0 Å². The summed E-state index contributed by atoms with van der Waals surface area (Å²) in [4.78, 5) is 6.13. The Balaban J connectivity index is 0.00000141. The maximum absolute atomic E-state index is 10.5. The number of aromatic nitrogens is 1. The molecule has 1 saturated heterocycles. The summed E-state index contributed by atoms with van der Waals surface area (Å²) in [7, 11) is 0. The van der Waals surface area contributed by atoms with Crippen molar-refractivity contribution in [2.24, 2.45) is 0 Å². The summed E-state index contributed by atoms with van der Waals surface area (Å²) in [5, 5.41) is 21.1. The molecule has 0 radical (unpaired) electrons. The summed E-state index contributed by atoms with van der Waals surface area (Å²) in [5.74, 6) is 0.481. The van der Waals surface area contributed by atoms with E-state index in [4.69, 9.17) is 5.73 Å². The van der Waals surface area contributed by atoms with Crippen LogP contribution in [0.15, 0.2) is 18.3 Å². The summed E-state index contributed by atoms with van der Waals surface area (Å²) in [6.45, 7) is 9.39. The van der Waals surface area contributed by atoms with Crippen LogP contribution in [0.5, 0.6) is 0 Å². The Bertz CT molecular complexity index is 419. The first-order valence-corrected chi connectivity index (χ1v) is 7.44. The van der Waals surface area contributed by atoms with Gasteiger partial charge in [-0.1, -0.05) is 13.8 Å². The van der Waals surface area contributed by atoms with Gasteiger partial charge in [-0.3, -0.25) is 0 Å². The molecule has 0 amide bonds. The Hall–Kier alpha value is -0.318. The molecule has 1 aromatic rings. The second kappa shape index (κ2) is 10.5. The number of nitrogen functional groups attached to an aromatic ring is 1. The summed E-state index contributed by atoms with van der Waals surface area (Å²) in [5.41, 5.74) is 5.58. The largest absolute Gasteiger partial charge is 0.387 e. The number of nitrogens with two attached hydrogens (primary N) is 1. The number of β-amino-alcohol motifs (C(OH)–C–C–N with tert-alkyl or cyclic N) is 1. The van der Waals surface area contributed by atoms with Crippen molar-refractivity contribution < 1.29 is 41.4 Å². The number of aliphatic hydroxyl groups is 1. The van der Waals surface area contributed by atoms with Crippen LogP contribution in [0, 0.1) is 38.0 Å². The molecule has 2 rings (SSSR count). The van der Waals surface area contributed by atoms with Crippen LogP contribution in [0.4, 0.5) is 11.5 Å². The van der Waals surface area contributed by atoms with Crippen molar-refractivity contribution >= 4 is 11.5 Å². The van der Waals surface area contributed by atoms with Gasteiger partial charge in [0.25, 0.3) is 0 Å². The number of anilines is 2. The second-order valence-electron chi connectivity index (χ2n) is 5.08. The monoisotopic (exact) mass is 533 g/mol. The Morgan fingerprint density at radius 3 is 2.68 bits per heavy atom. The summed E-state index contributed by atoms with van der Waals surface area (Å²) in [6.07, 6.45) is 3.24. The molecule has 1 aliphatic rings. The number of hydrogen-bond acceptors (Lipinski definition) is 6. The van der Waals surface area contributed by atoms with Gasteiger partial charge in [-0.15, -0.1) is 6.54 Å². The molecule has 0 saturated carbocycles. The average Bonchev–Trinajstić information content (AvgIpc) is 2.49. The predicted octanol–water partition coefficient (Wildman–Crippen LogP) is 1.55. The van der Waals surface area contributed by atoms with Crippen molar-refractivity contribution in [1.29, 1.82) is 0 Å². The summed E-state index contributed by atoms with van der Waals surface area (Å²) >= 11 is 0. The first kappa shape index (κ1) is 21.7. The van der Waals surface area contributed by atoms with Crippen LogP contribution in [0.3, 0.4) is 0 Å². The molecule has 0 aromatic carbocycles. The molecule has 1 aromatic heterocycles. The zero-order valence-electron chi connectivity index (χ0n) is 13.5. The molecular weight excluding hydrogens is 506 g/mol. The van der Waals surface area contributed by atoms with Gasteiger partial charge in [0.15, 0.2) is 0 Å². The first-order chi connectivity index (χ1) is 10.0. The van der Waals surface area contributed by atoms with Gasteiger partial charge in [0.1, 0.15) is 5.82 Å². The molecule has 124 valence electrons. The van der Waals surface area contributed by atoms with Crippen LogP contribution in [0.2, 0.25) is 0 Å². The van der Waals surface area contributed by atoms with Gasteiger partial charge in [0.05, 0.1) is 24.0 Å². The molecule has 0 spiro atoms. The molecule has 0 bridgehead atoms. The van der Waals surface area contributed by atoms with Crippen molar-refractivity contribution in [3.8, 4) is 0 Å². The Kier molecular flexibility index (Phi) is 10.3. The van der Waals surface area contributed by atoms with E-state index in [2.05, 4.69) is 16.8 Å². The fourth-order valence-electron chi connectivity index (χ4n) is 2.47. The van der Waals surface area contributed by atoms with Gasteiger partial charge in [0, 0.05) is 44.2 Å². The number of nitrogens with zero attached hydrogens (tertiary/aromatic N) is 3. The topological polar surface area (TPSA) is 85.9 Å². The second-order valence-corrected chi connectivity index (χ2v) is 5.08. The molecule has 6 nitrogen and oxygen atoms in total. The van der Waals surface area contributed by atoms with Crippen molar-refractivity contribution in [1.82, 2.24) is 10.0 Å². The Morgan fingerprint density at radius 1 is 1.45 bits per heavy atom. The van der Waals surface area contributed by atoms with E-state index in [1.807, 2.05) is 19.9 Å². The van der Waals surface area contributed by atoms with E-state index < -0.39 is 5.60 Å². The minimum Gasteiger partial charge on any atom is -0.387 e. The van der Waals surface area contributed by atoms with Crippen LogP contribution >= 0.6 is 0 Å². The normalized spacial score (nSPS) is 20.9. The van der Waals surface area contributed by atoms with E-state index >= 15 is 0 Å². The van der Waals surface area contributed by atoms with Gasteiger partial charge in [0.2, 0.25) is 0 Å². The van der Waals surface area contributed by atoms with Crippen molar-refractivity contribution in [2.45, 2.75) is 32.3 Å². The number of rotatable bonds is 4. The third-order valence-corrected chi connectivity index (χ3v) is 3.43. The molecule has 4 N–H and O–H groups in total. The van der Waals surface area contributed by atoms with Gasteiger partial charge in [-0.05, 0) is 25.0 Å². The maximum atomic E-state index is 10.5. The van der Waals surface area contributed by atoms with Gasteiger partial charge < -0.3 is 27.9 Å². The van der Waals surface area contributed by atoms with E-state index in [0.717, 1.165) is 23.7 Å². The van der Waals surface area contributed by atoms with Gasteiger partial charge >= 0.3 is 0 Å². The quantitative estimate of drug-likeness (QED) is 0.403. The molecule has 1 fully saturated rings. The predicted molar refractivity (Wildman–Crippen MR) is 85.1 cm³/mol. The van der Waals surface area contributed by atoms with Crippen molar-refractivity contribution in [3.63, 3.8) is 0 Å². The minimum absolute atomic E-state index is 0. The zero-order valence-corrected chi connectivity index (χ0v) is 17.7. The van der Waals surface area contributed by atoms with Crippen LogP contribution in [-0.4, -0.2) is 52.1 Å². The molecule has 0 aliphatic carbocycles. The Labute approximate surface area is 157 Å². The summed E-state index contributed by atoms with van der Waals surface area (Å²) in [6, 6.07) is 3.64. The number of hydrogen-bond donors (Lipinski definition) is 3. The van der Waals surface area contributed by atoms with Crippen LogP contribution < -0.4 is 10.6 Å². The third-order valence-electron chi connectivity index (χ3n) is 3.43. The van der Waals surface area contributed by atoms with E-state index in [0.29, 0.717) is 18.8 Å². The standard InChI is InChI=1S/C13H21N4O2.C2H6.U/c1-2-17(19)10-13(18)6-3-7-16(9-13)11-4-5-12(14)15-8-11;1-2;/h4-5,8,18-19H,1-3,6-7,9-10H2,(H2,14,15);1-2H3;/q-1;;. The van der Waals surface area contributed by atoms with Crippen LogP contribution in [0.25, 0.3) is 0 Å². The van der Waals surface area contributed by atoms with E-state index in [1.54, 1.807) is 12.3 Å². The zero-order chi connectivity index (χ0) is 15.9. The van der Waals surface area contributed by atoms with Crippen molar-refractivity contribution in [2.75, 3.05) is 36.8 Å². The minimum atomic E-state index is -0.925. The third kappa shape index (κ3) is 6.43. The molecule has 7 heteroatoms. The molecule has 22 heavy (non-hydrogen) atoms. The molecule has 1 atom stereocenters. The molecule has 2 heterocycles. The molecular formula is C15H27N4O2U-. The fourth-order valence-corrected chi connectivity index (χ4v) is 2.47. The fraction of sp³-hybridized carbons (Fsp3) is 0.600. The van der Waals surface area contributed by atoms with Gasteiger partial charge in [-0.2, -0.15) is 0 Å². The van der Waals surface area contributed by atoms with E-state index in [-0.39, 0.29) is 44.2 Å². The van der Waals surface area contributed by atoms with Crippen molar-refractivity contribution in [3.05, 3.63) is 25.3 Å². The molecule has 1 aliphatic heterocycles. The van der Waals surface area contributed by atoms with Crippen LogP contribution in [0.1, 0.15) is 26.7 Å².